The lowest BCUT2D eigenvalue weighted by Gasteiger charge is -2.14. The Bertz CT molecular complexity index is 2880. The smallest absolute Gasteiger partial charge is 0.114 e. The molecular weight excluding hydrogens is 619 g/mol. The van der Waals surface area contributed by atoms with Crippen LogP contribution in [0.1, 0.15) is 0 Å². The van der Waals surface area contributed by atoms with Crippen molar-refractivity contribution < 1.29 is 0 Å². The molecular formula is C43H25N5S. The normalized spacial score (nSPS) is 11.7. The number of nitrogens with zero attached hydrogens (tertiary/aromatic N) is 5. The van der Waals surface area contributed by atoms with Crippen LogP contribution in [-0.4, -0.2) is 23.7 Å². The van der Waals surface area contributed by atoms with E-state index in [9.17, 15) is 0 Å². The maximum atomic E-state index is 5.29. The minimum atomic E-state index is 0.884. The third-order valence-corrected chi connectivity index (χ3v) is 9.83. The maximum absolute atomic E-state index is 5.29. The van der Waals surface area contributed by atoms with Gasteiger partial charge in [-0.25, -0.2) is 15.0 Å². The van der Waals surface area contributed by atoms with Crippen LogP contribution in [0.3, 0.4) is 0 Å². The quantitative estimate of drug-likeness (QED) is 0.179. The number of hydrogen-bond donors (Lipinski definition) is 0. The van der Waals surface area contributed by atoms with E-state index in [0.29, 0.717) is 0 Å². The van der Waals surface area contributed by atoms with Crippen LogP contribution >= 0.6 is 11.7 Å². The van der Waals surface area contributed by atoms with Gasteiger partial charge in [-0.1, -0.05) is 121 Å². The Morgan fingerprint density at radius 2 is 0.980 bits per heavy atom. The van der Waals surface area contributed by atoms with E-state index in [1.165, 1.54) is 11.7 Å². The highest BCUT2D eigenvalue weighted by Gasteiger charge is 2.19. The molecule has 5 nitrogen and oxygen atoms in total. The summed E-state index contributed by atoms with van der Waals surface area (Å²) in [4.78, 5) is 15.6. The van der Waals surface area contributed by atoms with Crippen LogP contribution in [0, 0.1) is 0 Å². The fourth-order valence-electron chi connectivity index (χ4n) is 6.95. The van der Waals surface area contributed by atoms with Gasteiger partial charge in [-0.05, 0) is 35.9 Å². The first-order chi connectivity index (χ1) is 24.3. The van der Waals surface area contributed by atoms with E-state index < -0.39 is 0 Å². The molecule has 0 aliphatic rings. The summed E-state index contributed by atoms with van der Waals surface area (Å²) in [6, 6.07) is 52.5. The lowest BCUT2D eigenvalue weighted by molar-refractivity contribution is 1.36. The molecule has 0 saturated carbocycles. The van der Waals surface area contributed by atoms with Crippen molar-refractivity contribution in [2.45, 2.75) is 0 Å². The van der Waals surface area contributed by atoms with Crippen molar-refractivity contribution in [3.05, 3.63) is 152 Å². The molecule has 0 fully saturated rings. The molecule has 0 unspecified atom stereocenters. The average Bonchev–Trinajstić information content (AvgIpc) is 3.68. The van der Waals surface area contributed by atoms with Crippen molar-refractivity contribution in [2.75, 3.05) is 0 Å². The zero-order valence-corrected chi connectivity index (χ0v) is 26.9. The minimum absolute atomic E-state index is 0.884. The summed E-state index contributed by atoms with van der Waals surface area (Å²) in [5, 5.41) is 5.31. The topological polar surface area (TPSA) is 64.5 Å². The van der Waals surface area contributed by atoms with Crippen LogP contribution < -0.4 is 0 Å². The Labute approximate surface area is 285 Å². The SMILES string of the molecule is c1ccc(-c2ccc3ccc4ccc(-c5cccc(-c6nc7ccccc7c7c6cc(-c6ccccc6)c6nsnc67)c5)nc4c3n2)cc1. The van der Waals surface area contributed by atoms with Gasteiger partial charge in [-0.15, -0.1) is 0 Å². The molecule has 10 aromatic rings. The lowest BCUT2D eigenvalue weighted by atomic mass is 9.93. The van der Waals surface area contributed by atoms with Crippen LogP contribution in [0.5, 0.6) is 0 Å². The lowest BCUT2D eigenvalue weighted by Crippen LogP contribution is -1.94. The Balaban J connectivity index is 1.18. The first kappa shape index (κ1) is 27.7. The van der Waals surface area contributed by atoms with Gasteiger partial charge in [0.1, 0.15) is 11.0 Å². The number of rotatable bonds is 4. The molecule has 0 spiro atoms. The second-order valence-electron chi connectivity index (χ2n) is 12.2. The molecule has 0 amide bonds. The molecule has 4 aromatic heterocycles. The van der Waals surface area contributed by atoms with E-state index in [2.05, 4.69) is 121 Å². The van der Waals surface area contributed by atoms with Crippen molar-refractivity contribution in [2.24, 2.45) is 0 Å². The molecule has 4 heterocycles. The monoisotopic (exact) mass is 643 g/mol. The zero-order valence-electron chi connectivity index (χ0n) is 26.1. The van der Waals surface area contributed by atoms with Gasteiger partial charge in [-0.2, -0.15) is 8.75 Å². The highest BCUT2D eigenvalue weighted by atomic mass is 32.1. The molecule has 0 radical (unpaired) electrons. The predicted octanol–water partition coefficient (Wildman–Crippen LogP) is 11.2. The number of fused-ring (bicyclic) bond motifs is 8. The van der Waals surface area contributed by atoms with Gasteiger partial charge in [-0.3, -0.25) is 0 Å². The van der Waals surface area contributed by atoms with Crippen LogP contribution in [0.2, 0.25) is 0 Å². The summed E-state index contributed by atoms with van der Waals surface area (Å²) >= 11 is 1.25. The van der Waals surface area contributed by atoms with E-state index in [1.54, 1.807) is 0 Å². The van der Waals surface area contributed by atoms with Crippen molar-refractivity contribution in [1.82, 2.24) is 23.7 Å². The average molecular weight is 644 g/mol. The molecule has 0 aliphatic carbocycles. The summed E-state index contributed by atoms with van der Waals surface area (Å²) in [6.07, 6.45) is 0. The van der Waals surface area contributed by atoms with Gasteiger partial charge in [0.05, 0.1) is 45.4 Å². The van der Waals surface area contributed by atoms with Gasteiger partial charge in [0, 0.05) is 49.2 Å². The first-order valence-corrected chi connectivity index (χ1v) is 16.9. The third-order valence-electron chi connectivity index (χ3n) is 9.31. The number of benzene rings is 6. The molecule has 49 heavy (non-hydrogen) atoms. The van der Waals surface area contributed by atoms with E-state index in [-0.39, 0.29) is 0 Å². The number of para-hydroxylation sites is 1. The first-order valence-electron chi connectivity index (χ1n) is 16.2. The van der Waals surface area contributed by atoms with E-state index >= 15 is 0 Å². The minimum Gasteiger partial charge on any atom is -0.247 e. The van der Waals surface area contributed by atoms with Crippen LogP contribution in [0.4, 0.5) is 0 Å². The molecule has 6 heteroatoms. The fraction of sp³-hybridized carbons (Fsp3) is 0. The molecule has 228 valence electrons. The fourth-order valence-corrected chi connectivity index (χ4v) is 7.51. The molecule has 0 aliphatic heterocycles. The van der Waals surface area contributed by atoms with E-state index in [1.807, 2.05) is 30.3 Å². The second-order valence-corrected chi connectivity index (χ2v) is 12.7. The third kappa shape index (κ3) is 4.57. The predicted molar refractivity (Wildman–Crippen MR) is 203 cm³/mol. The molecule has 0 atom stereocenters. The number of aromatic nitrogens is 5. The van der Waals surface area contributed by atoms with Crippen LogP contribution in [0.15, 0.2) is 152 Å². The molecule has 0 N–H and O–H groups in total. The van der Waals surface area contributed by atoms with Gasteiger partial charge in [0.15, 0.2) is 0 Å². The highest BCUT2D eigenvalue weighted by Crippen LogP contribution is 2.41. The summed E-state index contributed by atoms with van der Waals surface area (Å²) < 4.78 is 9.62. The van der Waals surface area contributed by atoms with Gasteiger partial charge in [0.25, 0.3) is 0 Å². The molecule has 6 aromatic carbocycles. The summed E-state index contributed by atoms with van der Waals surface area (Å²) in [5.74, 6) is 0. The van der Waals surface area contributed by atoms with Crippen LogP contribution in [0.25, 0.3) is 99.4 Å². The van der Waals surface area contributed by atoms with Gasteiger partial charge in [0.2, 0.25) is 0 Å². The van der Waals surface area contributed by atoms with Crippen molar-refractivity contribution >= 4 is 66.2 Å². The Morgan fingerprint density at radius 1 is 0.388 bits per heavy atom. The van der Waals surface area contributed by atoms with Crippen molar-refractivity contribution in [1.29, 1.82) is 0 Å². The largest absolute Gasteiger partial charge is 0.247 e. The second kappa shape index (κ2) is 11.1. The van der Waals surface area contributed by atoms with Crippen molar-refractivity contribution in [3.63, 3.8) is 0 Å². The molecule has 10 rings (SSSR count). The van der Waals surface area contributed by atoms with E-state index in [0.717, 1.165) is 99.4 Å². The molecule has 0 bridgehead atoms. The zero-order chi connectivity index (χ0) is 32.3. The Kier molecular flexibility index (Phi) is 6.29. The van der Waals surface area contributed by atoms with E-state index in [4.69, 9.17) is 23.7 Å². The number of hydrogen-bond acceptors (Lipinski definition) is 6. The Morgan fingerprint density at radius 3 is 1.73 bits per heavy atom. The summed E-state index contributed by atoms with van der Waals surface area (Å²) in [6.45, 7) is 0. The Hall–Kier alpha value is -6.37. The van der Waals surface area contributed by atoms with Crippen LogP contribution in [-0.2, 0) is 0 Å². The summed E-state index contributed by atoms with van der Waals surface area (Å²) in [5.41, 5.74) is 12.5. The summed E-state index contributed by atoms with van der Waals surface area (Å²) in [7, 11) is 0. The van der Waals surface area contributed by atoms with Gasteiger partial charge >= 0.3 is 0 Å². The molecule has 0 saturated heterocycles. The number of pyridine rings is 3. The van der Waals surface area contributed by atoms with Crippen molar-refractivity contribution in [3.8, 4) is 44.9 Å². The standard InChI is InChI=1S/C43H25N5S/c1-3-10-26(11-4-1)33-25-34-38(43-42(33)47-49-48-43)32-16-7-8-17-37(32)46-39(34)31-15-9-14-30(24-31)36-23-21-29-19-18-28-20-22-35(27-12-5-2-6-13-27)44-40(28)41(29)45-36/h1-25H. The highest BCUT2D eigenvalue weighted by molar-refractivity contribution is 7.00. The maximum Gasteiger partial charge on any atom is 0.114 e. The van der Waals surface area contributed by atoms with Gasteiger partial charge < -0.3 is 0 Å².